The van der Waals surface area contributed by atoms with Gasteiger partial charge in [0.2, 0.25) is 17.2 Å². The lowest BCUT2D eigenvalue weighted by Crippen LogP contribution is -2.31. The van der Waals surface area contributed by atoms with Crippen LogP contribution in [0.2, 0.25) is 0 Å². The summed E-state index contributed by atoms with van der Waals surface area (Å²) in [4.78, 5) is 34.5. The number of aromatic nitrogens is 3. The first-order valence-corrected chi connectivity index (χ1v) is 10.1. The summed E-state index contributed by atoms with van der Waals surface area (Å²) in [6, 6.07) is 3.52. The van der Waals surface area contributed by atoms with Crippen molar-refractivity contribution in [3.8, 4) is 0 Å². The Bertz CT molecular complexity index is 1310. The van der Waals surface area contributed by atoms with E-state index in [1.54, 1.807) is 18.4 Å². The molecule has 0 atom stereocenters. The molecule has 1 aliphatic carbocycles. The van der Waals surface area contributed by atoms with Crippen LogP contribution in [0, 0.1) is 0 Å². The molecule has 4 aromatic rings. The van der Waals surface area contributed by atoms with Crippen molar-refractivity contribution in [2.45, 2.75) is 52.1 Å². The van der Waals surface area contributed by atoms with Crippen molar-refractivity contribution < 1.29 is 13.6 Å². The average molecular weight is 406 g/mol. The maximum absolute atomic E-state index is 13.0. The van der Waals surface area contributed by atoms with Crippen molar-refractivity contribution in [2.75, 3.05) is 0 Å². The van der Waals surface area contributed by atoms with Crippen LogP contribution in [0.25, 0.3) is 22.2 Å². The second-order valence-electron chi connectivity index (χ2n) is 7.96. The van der Waals surface area contributed by atoms with Crippen molar-refractivity contribution in [3.05, 3.63) is 57.7 Å². The molecule has 30 heavy (non-hydrogen) atoms. The van der Waals surface area contributed by atoms with Gasteiger partial charge in [0.05, 0.1) is 30.2 Å². The number of aryl methyl sites for hydroxylation is 1. The summed E-state index contributed by atoms with van der Waals surface area (Å²) in [7, 11) is 0. The number of carbonyl (C=O) groups is 1. The molecular formula is C22H22N4O4. The maximum Gasteiger partial charge on any atom is 0.297 e. The number of nitrogens with one attached hydrogen (secondary N) is 1. The van der Waals surface area contributed by atoms with Crippen molar-refractivity contribution in [3.63, 3.8) is 0 Å². The van der Waals surface area contributed by atoms with Crippen LogP contribution in [0.5, 0.6) is 0 Å². The van der Waals surface area contributed by atoms with Crippen LogP contribution in [0.3, 0.4) is 0 Å². The number of rotatable bonds is 5. The number of hydrogen-bond donors (Lipinski definition) is 1. The Kier molecular flexibility index (Phi) is 4.42. The molecule has 0 aliphatic heterocycles. The molecule has 0 fully saturated rings. The standard InChI is InChI=1S/C22H22N4O4/c1-12(2)18-15-7-3-6-14(15)17-19-20(30-21(17)25-18)22(28)26(11-24-19)10-16(27)23-9-13-5-4-8-29-13/h4-5,8,11-12H,3,6-7,9-10H2,1-2H3,(H,23,27). The van der Waals surface area contributed by atoms with E-state index in [2.05, 4.69) is 24.1 Å². The minimum absolute atomic E-state index is 0.147. The van der Waals surface area contributed by atoms with Gasteiger partial charge in [0.1, 0.15) is 17.8 Å². The van der Waals surface area contributed by atoms with E-state index in [1.165, 1.54) is 22.0 Å². The Balaban J connectivity index is 1.52. The topological polar surface area (TPSA) is 103 Å². The van der Waals surface area contributed by atoms with Gasteiger partial charge in [-0.2, -0.15) is 0 Å². The third-order valence-electron chi connectivity index (χ3n) is 5.60. The van der Waals surface area contributed by atoms with E-state index < -0.39 is 0 Å². The highest BCUT2D eigenvalue weighted by atomic mass is 16.3. The van der Waals surface area contributed by atoms with Gasteiger partial charge in [-0.05, 0) is 48.4 Å². The van der Waals surface area contributed by atoms with Gasteiger partial charge < -0.3 is 14.2 Å². The van der Waals surface area contributed by atoms with Gasteiger partial charge in [0.15, 0.2) is 0 Å². The fourth-order valence-corrected chi connectivity index (χ4v) is 4.22. The molecule has 8 nitrogen and oxygen atoms in total. The van der Waals surface area contributed by atoms with Gasteiger partial charge in [0, 0.05) is 0 Å². The molecule has 4 heterocycles. The quantitative estimate of drug-likeness (QED) is 0.546. The number of pyridine rings is 1. The molecule has 0 bridgehead atoms. The number of amides is 1. The molecule has 4 aromatic heterocycles. The van der Waals surface area contributed by atoms with Crippen molar-refractivity contribution in [1.82, 2.24) is 19.9 Å². The number of nitrogens with zero attached hydrogens (tertiary/aromatic N) is 3. The van der Waals surface area contributed by atoms with Gasteiger partial charge in [-0.15, -0.1) is 0 Å². The monoisotopic (exact) mass is 406 g/mol. The van der Waals surface area contributed by atoms with Gasteiger partial charge in [-0.3, -0.25) is 14.2 Å². The van der Waals surface area contributed by atoms with Gasteiger partial charge in [-0.25, -0.2) is 9.97 Å². The minimum atomic E-state index is -0.385. The molecule has 154 valence electrons. The largest absolute Gasteiger partial charge is 0.467 e. The van der Waals surface area contributed by atoms with Crippen LogP contribution >= 0.6 is 0 Å². The van der Waals surface area contributed by atoms with E-state index >= 15 is 0 Å². The Morgan fingerprint density at radius 2 is 2.13 bits per heavy atom. The van der Waals surface area contributed by atoms with Crippen LogP contribution in [0.1, 0.15) is 48.8 Å². The first-order valence-electron chi connectivity index (χ1n) is 10.1. The Labute approximate surface area is 171 Å². The molecule has 8 heteroatoms. The Morgan fingerprint density at radius 3 is 2.90 bits per heavy atom. The number of furan rings is 2. The summed E-state index contributed by atoms with van der Waals surface area (Å²) in [5.41, 5.74) is 4.25. The molecule has 5 rings (SSSR count). The molecule has 0 unspecified atom stereocenters. The molecule has 1 N–H and O–H groups in total. The number of fused-ring (bicyclic) bond motifs is 5. The fourth-order valence-electron chi connectivity index (χ4n) is 4.22. The predicted octanol–water partition coefficient (Wildman–Crippen LogP) is 3.06. The van der Waals surface area contributed by atoms with E-state index in [0.717, 1.165) is 30.3 Å². The van der Waals surface area contributed by atoms with E-state index in [1.807, 2.05) is 0 Å². The normalized spacial score (nSPS) is 13.4. The molecular weight excluding hydrogens is 384 g/mol. The molecule has 1 amide bonds. The van der Waals surface area contributed by atoms with Crippen LogP contribution < -0.4 is 10.9 Å². The number of hydrogen-bond acceptors (Lipinski definition) is 6. The summed E-state index contributed by atoms with van der Waals surface area (Å²) in [5, 5.41) is 3.57. The first kappa shape index (κ1) is 18.6. The van der Waals surface area contributed by atoms with E-state index in [-0.39, 0.29) is 36.1 Å². The summed E-state index contributed by atoms with van der Waals surface area (Å²) < 4.78 is 12.3. The predicted molar refractivity (Wildman–Crippen MR) is 110 cm³/mol. The lowest BCUT2D eigenvalue weighted by molar-refractivity contribution is -0.122. The highest BCUT2D eigenvalue weighted by molar-refractivity contribution is 6.03. The third-order valence-corrected chi connectivity index (χ3v) is 5.60. The molecule has 0 saturated carbocycles. The van der Waals surface area contributed by atoms with Crippen LogP contribution in [-0.4, -0.2) is 20.4 Å². The first-order chi connectivity index (χ1) is 14.5. The second-order valence-corrected chi connectivity index (χ2v) is 7.96. The van der Waals surface area contributed by atoms with Gasteiger partial charge in [-0.1, -0.05) is 13.8 Å². The van der Waals surface area contributed by atoms with Gasteiger partial charge >= 0.3 is 0 Å². The third kappa shape index (κ3) is 2.99. The lowest BCUT2D eigenvalue weighted by atomic mass is 9.99. The highest BCUT2D eigenvalue weighted by Crippen LogP contribution is 2.37. The maximum atomic E-state index is 13.0. The van der Waals surface area contributed by atoms with E-state index in [9.17, 15) is 9.59 Å². The molecule has 0 radical (unpaired) electrons. The van der Waals surface area contributed by atoms with Crippen molar-refractivity contribution >= 4 is 28.1 Å². The molecule has 1 aliphatic rings. The fraction of sp³-hybridized carbons (Fsp3) is 0.364. The number of carbonyl (C=O) groups excluding carboxylic acids is 1. The zero-order chi connectivity index (χ0) is 20.8. The van der Waals surface area contributed by atoms with Crippen molar-refractivity contribution in [2.24, 2.45) is 0 Å². The molecule has 0 spiro atoms. The summed E-state index contributed by atoms with van der Waals surface area (Å²) in [6.07, 6.45) is 5.94. The van der Waals surface area contributed by atoms with Crippen molar-refractivity contribution in [1.29, 1.82) is 0 Å². The summed E-state index contributed by atoms with van der Waals surface area (Å²) >= 11 is 0. The molecule has 0 aromatic carbocycles. The summed E-state index contributed by atoms with van der Waals surface area (Å²) in [5.74, 6) is 0.603. The summed E-state index contributed by atoms with van der Waals surface area (Å²) in [6.45, 7) is 4.33. The second kappa shape index (κ2) is 7.12. The lowest BCUT2D eigenvalue weighted by Gasteiger charge is -2.11. The molecule has 0 saturated heterocycles. The van der Waals surface area contributed by atoms with E-state index in [0.29, 0.717) is 17.0 Å². The Hall–Kier alpha value is -3.42. The van der Waals surface area contributed by atoms with Crippen LogP contribution in [0.15, 0.2) is 38.4 Å². The zero-order valence-corrected chi connectivity index (χ0v) is 16.9. The van der Waals surface area contributed by atoms with Crippen LogP contribution in [-0.2, 0) is 30.7 Å². The highest BCUT2D eigenvalue weighted by Gasteiger charge is 2.26. The average Bonchev–Trinajstić information content (AvgIpc) is 3.46. The van der Waals surface area contributed by atoms with E-state index in [4.69, 9.17) is 13.8 Å². The Morgan fingerprint density at radius 1 is 1.30 bits per heavy atom. The van der Waals surface area contributed by atoms with Crippen LogP contribution in [0.4, 0.5) is 0 Å². The zero-order valence-electron chi connectivity index (χ0n) is 16.9. The minimum Gasteiger partial charge on any atom is -0.467 e. The SMILES string of the molecule is CC(C)c1nc2oc3c(=O)n(CC(=O)NCc4ccco4)cnc3c2c2c1CCC2. The smallest absolute Gasteiger partial charge is 0.297 e. The van der Waals surface area contributed by atoms with Gasteiger partial charge in [0.25, 0.3) is 5.56 Å².